The summed E-state index contributed by atoms with van der Waals surface area (Å²) in [5, 5.41) is 29.6. The summed E-state index contributed by atoms with van der Waals surface area (Å²) in [6.07, 6.45) is 0. The molecule has 0 aliphatic heterocycles. The summed E-state index contributed by atoms with van der Waals surface area (Å²) in [7, 11) is 0. The van der Waals surface area contributed by atoms with E-state index in [1.807, 2.05) is 0 Å². The molecule has 0 aliphatic rings. The van der Waals surface area contributed by atoms with Crippen molar-refractivity contribution in [2.45, 2.75) is 13.0 Å². The van der Waals surface area contributed by atoms with Gasteiger partial charge in [0.25, 0.3) is 5.91 Å². The molecule has 0 saturated heterocycles. The Bertz CT molecular complexity index is 1370. The SMILES string of the molecule is CC(=O)C(N=Nc1cc(OS(=O)Nc2ccccc2C(=O)O)ccc1O)C(=O)Nc1ccccc1Cl. The number of carboxylic acid groups (broad SMARTS) is 1. The van der Waals surface area contributed by atoms with Crippen LogP contribution < -0.4 is 14.2 Å². The van der Waals surface area contributed by atoms with Crippen molar-refractivity contribution in [1.82, 2.24) is 0 Å². The smallest absolute Gasteiger partial charge is 0.337 e. The topological polar surface area (TPSA) is 167 Å². The molecule has 3 rings (SSSR count). The molecule has 3 aromatic carbocycles. The number of carbonyl (C=O) groups is 3. The first kappa shape index (κ1) is 26.3. The van der Waals surface area contributed by atoms with E-state index in [0.29, 0.717) is 0 Å². The van der Waals surface area contributed by atoms with Gasteiger partial charge in [0.05, 0.1) is 22.0 Å². The fraction of sp³-hybridized carbons (Fsp3) is 0.0870. The monoisotopic (exact) mass is 530 g/mol. The van der Waals surface area contributed by atoms with Crippen molar-refractivity contribution in [3.63, 3.8) is 0 Å². The molecule has 0 aliphatic carbocycles. The lowest BCUT2D eigenvalue weighted by atomic mass is 10.2. The number of anilines is 2. The number of carboxylic acids is 1. The van der Waals surface area contributed by atoms with E-state index in [0.717, 1.165) is 6.92 Å². The largest absolute Gasteiger partial charge is 0.506 e. The van der Waals surface area contributed by atoms with E-state index in [1.165, 1.54) is 36.4 Å². The third kappa shape index (κ3) is 6.87. The highest BCUT2D eigenvalue weighted by Crippen LogP contribution is 2.32. The Balaban J connectivity index is 1.74. The zero-order valence-electron chi connectivity index (χ0n) is 18.5. The van der Waals surface area contributed by atoms with Crippen LogP contribution in [0.1, 0.15) is 17.3 Å². The highest BCUT2D eigenvalue weighted by atomic mass is 35.5. The molecule has 2 atom stereocenters. The summed E-state index contributed by atoms with van der Waals surface area (Å²) >= 11 is 3.81. The van der Waals surface area contributed by atoms with Gasteiger partial charge >= 0.3 is 17.2 Å². The minimum atomic E-state index is -2.21. The zero-order chi connectivity index (χ0) is 26.2. The molecule has 36 heavy (non-hydrogen) atoms. The first-order valence-electron chi connectivity index (χ1n) is 10.1. The molecule has 0 radical (unpaired) electrons. The number of benzene rings is 3. The van der Waals surface area contributed by atoms with Crippen LogP contribution in [0.15, 0.2) is 77.0 Å². The zero-order valence-corrected chi connectivity index (χ0v) is 20.1. The maximum atomic E-state index is 12.6. The van der Waals surface area contributed by atoms with Crippen LogP contribution in [0.4, 0.5) is 17.1 Å². The first-order valence-corrected chi connectivity index (χ1v) is 11.6. The van der Waals surface area contributed by atoms with Crippen LogP contribution in [0.5, 0.6) is 11.5 Å². The number of carbonyl (C=O) groups excluding carboxylic acids is 2. The average molecular weight is 531 g/mol. The van der Waals surface area contributed by atoms with Gasteiger partial charge in [-0.05, 0) is 43.3 Å². The predicted octanol–water partition coefficient (Wildman–Crippen LogP) is 4.49. The van der Waals surface area contributed by atoms with Crippen LogP contribution in [0.25, 0.3) is 0 Å². The van der Waals surface area contributed by atoms with E-state index in [2.05, 4.69) is 20.3 Å². The molecule has 0 heterocycles. The molecular weight excluding hydrogens is 512 g/mol. The van der Waals surface area contributed by atoms with Crippen molar-refractivity contribution in [3.05, 3.63) is 77.3 Å². The molecule has 1 amide bonds. The minimum Gasteiger partial charge on any atom is -0.506 e. The van der Waals surface area contributed by atoms with Gasteiger partial charge in [0.15, 0.2) is 5.78 Å². The number of amides is 1. The minimum absolute atomic E-state index is 0.0275. The highest BCUT2D eigenvalue weighted by Gasteiger charge is 2.24. The number of para-hydroxylation sites is 2. The maximum Gasteiger partial charge on any atom is 0.337 e. The molecule has 11 nitrogen and oxygen atoms in total. The van der Waals surface area contributed by atoms with Gasteiger partial charge in [0.2, 0.25) is 6.04 Å². The average Bonchev–Trinajstić information content (AvgIpc) is 2.82. The fourth-order valence-electron chi connectivity index (χ4n) is 2.79. The predicted molar refractivity (Wildman–Crippen MR) is 133 cm³/mol. The van der Waals surface area contributed by atoms with Crippen LogP contribution in [-0.2, 0) is 20.9 Å². The molecule has 13 heteroatoms. The van der Waals surface area contributed by atoms with E-state index < -0.39 is 35.0 Å². The summed E-state index contributed by atoms with van der Waals surface area (Å²) in [6, 6.07) is 14.3. The number of aromatic hydroxyl groups is 1. The molecule has 0 fully saturated rings. The van der Waals surface area contributed by atoms with Crippen molar-refractivity contribution in [1.29, 1.82) is 0 Å². The lowest BCUT2D eigenvalue weighted by Gasteiger charge is -2.11. The molecule has 3 aromatic rings. The second-order valence-corrected chi connectivity index (χ2v) is 8.37. The number of hydrogen-bond acceptors (Lipinski definition) is 8. The Labute approximate surface area is 212 Å². The van der Waals surface area contributed by atoms with Crippen molar-refractivity contribution < 1.29 is 33.0 Å². The summed E-state index contributed by atoms with van der Waals surface area (Å²) in [5.74, 6) is -3.00. The lowest BCUT2D eigenvalue weighted by molar-refractivity contribution is -0.126. The standard InChI is InChI=1S/C23H19ClN4O7S/c1-13(29)21(22(31)25-18-9-5-3-7-16(18)24)27-26-19-12-14(10-11-20(19)30)35-36(34)28-17-8-4-2-6-15(17)23(32)33/h2-12,21,28,30H,1H3,(H,25,31)(H,32,33). The third-order valence-electron chi connectivity index (χ3n) is 4.52. The number of rotatable bonds is 10. The Morgan fingerprint density at radius 2 is 1.69 bits per heavy atom. The van der Waals surface area contributed by atoms with Gasteiger partial charge in [0, 0.05) is 6.07 Å². The van der Waals surface area contributed by atoms with Crippen LogP contribution in [0.3, 0.4) is 0 Å². The summed E-state index contributed by atoms with van der Waals surface area (Å²) in [6.45, 7) is 1.15. The van der Waals surface area contributed by atoms with E-state index in [1.54, 1.807) is 30.3 Å². The molecule has 4 N–H and O–H groups in total. The van der Waals surface area contributed by atoms with Crippen molar-refractivity contribution in [2.24, 2.45) is 10.2 Å². The van der Waals surface area contributed by atoms with Gasteiger partial charge < -0.3 is 19.7 Å². The van der Waals surface area contributed by atoms with E-state index >= 15 is 0 Å². The molecule has 2 unspecified atom stereocenters. The quantitative estimate of drug-likeness (QED) is 0.221. The summed E-state index contributed by atoms with van der Waals surface area (Å²) in [4.78, 5) is 35.9. The van der Waals surface area contributed by atoms with Crippen LogP contribution >= 0.6 is 11.6 Å². The molecule has 0 spiro atoms. The number of ketones is 1. The van der Waals surface area contributed by atoms with Crippen LogP contribution in [0.2, 0.25) is 5.02 Å². The van der Waals surface area contributed by atoms with Gasteiger partial charge in [-0.3, -0.25) is 14.3 Å². The number of nitrogens with one attached hydrogen (secondary N) is 2. The number of azo groups is 1. The summed E-state index contributed by atoms with van der Waals surface area (Å²) in [5.41, 5.74) is 0.0615. The van der Waals surface area contributed by atoms with Gasteiger partial charge in [0.1, 0.15) is 17.2 Å². The van der Waals surface area contributed by atoms with Gasteiger partial charge in [-0.1, -0.05) is 35.9 Å². The number of phenolic OH excluding ortho intramolecular Hbond substituents is 1. The van der Waals surface area contributed by atoms with Crippen LogP contribution in [-0.4, -0.2) is 38.1 Å². The normalized spacial score (nSPS) is 12.5. The number of nitrogens with zero attached hydrogens (tertiary/aromatic N) is 2. The Morgan fingerprint density at radius 1 is 1.03 bits per heavy atom. The fourth-order valence-corrected chi connectivity index (χ4v) is 3.65. The van der Waals surface area contributed by atoms with Gasteiger partial charge in [-0.15, -0.1) is 0 Å². The second kappa shape index (κ2) is 11.9. The van der Waals surface area contributed by atoms with Crippen molar-refractivity contribution >= 4 is 57.6 Å². The molecule has 0 bridgehead atoms. The number of aromatic carboxylic acids is 1. The molecular formula is C23H19ClN4O7S. The number of hydrogen-bond donors (Lipinski definition) is 4. The molecule has 186 valence electrons. The first-order chi connectivity index (χ1) is 17.2. The number of Topliss-reactive ketones (excluding diaryl/α,β-unsaturated/α-hetero) is 1. The van der Waals surface area contributed by atoms with Gasteiger partial charge in [-0.2, -0.15) is 14.4 Å². The Kier molecular flexibility index (Phi) is 8.71. The number of halogens is 1. The number of phenols is 1. The Morgan fingerprint density at radius 3 is 2.36 bits per heavy atom. The van der Waals surface area contributed by atoms with Crippen molar-refractivity contribution in [2.75, 3.05) is 10.0 Å². The van der Waals surface area contributed by atoms with E-state index in [-0.39, 0.29) is 39.1 Å². The van der Waals surface area contributed by atoms with E-state index in [9.17, 15) is 28.8 Å². The highest BCUT2D eigenvalue weighted by molar-refractivity contribution is 7.82. The maximum absolute atomic E-state index is 12.6. The van der Waals surface area contributed by atoms with E-state index in [4.69, 9.17) is 15.8 Å². The van der Waals surface area contributed by atoms with Gasteiger partial charge in [-0.25, -0.2) is 4.79 Å². The molecule has 0 aromatic heterocycles. The van der Waals surface area contributed by atoms with Crippen LogP contribution in [0, 0.1) is 0 Å². The Hall–Kier alpha value is -4.29. The third-order valence-corrected chi connectivity index (χ3v) is 5.58. The second-order valence-electron chi connectivity index (χ2n) is 7.12. The lowest BCUT2D eigenvalue weighted by Crippen LogP contribution is -2.31. The van der Waals surface area contributed by atoms with Crippen molar-refractivity contribution in [3.8, 4) is 11.5 Å². The summed E-state index contributed by atoms with van der Waals surface area (Å²) < 4.78 is 20.0. The molecule has 0 saturated carbocycles.